The Labute approximate surface area is 197 Å². The van der Waals surface area contributed by atoms with E-state index in [0.29, 0.717) is 56.3 Å². The first-order valence-electron chi connectivity index (χ1n) is 10.7. The summed E-state index contributed by atoms with van der Waals surface area (Å²) in [7, 11) is 0. The zero-order chi connectivity index (χ0) is 24.6. The highest BCUT2D eigenvalue weighted by Crippen LogP contribution is 2.41. The third kappa shape index (κ3) is 4.29. The lowest BCUT2D eigenvalue weighted by Crippen LogP contribution is -2.46. The number of anilines is 3. The van der Waals surface area contributed by atoms with Gasteiger partial charge in [-0.15, -0.1) is 0 Å². The van der Waals surface area contributed by atoms with Gasteiger partial charge in [-0.05, 0) is 48.4 Å². The van der Waals surface area contributed by atoms with Crippen LogP contribution in [0.4, 0.5) is 35.9 Å². The Morgan fingerprint density at radius 2 is 1.71 bits per heavy atom. The van der Waals surface area contributed by atoms with Crippen molar-refractivity contribution in [1.29, 1.82) is 0 Å². The average Bonchev–Trinajstić information content (AvgIpc) is 3.28. The summed E-state index contributed by atoms with van der Waals surface area (Å²) in [5.41, 5.74) is 0.795. The molecule has 0 amide bonds. The molecule has 0 radical (unpaired) electrons. The normalized spacial score (nSPS) is 14.6. The van der Waals surface area contributed by atoms with Crippen molar-refractivity contribution in [2.45, 2.75) is 20.0 Å². The van der Waals surface area contributed by atoms with Crippen molar-refractivity contribution in [2.24, 2.45) is 0 Å². The number of rotatable bonds is 6. The zero-order valence-electron chi connectivity index (χ0n) is 18.5. The average molecular weight is 499 g/mol. The van der Waals surface area contributed by atoms with Gasteiger partial charge >= 0.3 is 11.9 Å². The maximum Gasteiger partial charge on any atom is 0.417 e. The monoisotopic (exact) mass is 498 g/mol. The standard InChI is InChI=1S/C21H22ClF3N6O3/c1-3-28(4-2)17-12-16(18-19(27-34-26-18)20(17)31(32)33)30-9-7-29(8-10-30)13-5-6-15(22)14(11-13)21(23,24)25/h5-6,11-12H,3-4,7-10H2,1-2H3. The summed E-state index contributed by atoms with van der Waals surface area (Å²) >= 11 is 5.75. The molecule has 1 aromatic heterocycles. The summed E-state index contributed by atoms with van der Waals surface area (Å²) in [4.78, 5) is 17.0. The number of aromatic nitrogens is 2. The molecule has 4 rings (SSSR count). The summed E-state index contributed by atoms with van der Waals surface area (Å²) in [6.07, 6.45) is -4.54. The molecular weight excluding hydrogens is 477 g/mol. The van der Waals surface area contributed by atoms with E-state index in [0.717, 1.165) is 6.07 Å². The molecule has 0 spiro atoms. The van der Waals surface area contributed by atoms with Gasteiger partial charge < -0.3 is 14.7 Å². The number of piperazine rings is 1. The molecule has 1 aliphatic heterocycles. The second-order valence-corrected chi connectivity index (χ2v) is 8.20. The van der Waals surface area contributed by atoms with Crippen LogP contribution in [0.5, 0.6) is 0 Å². The van der Waals surface area contributed by atoms with Gasteiger partial charge in [-0.2, -0.15) is 13.2 Å². The van der Waals surface area contributed by atoms with E-state index in [-0.39, 0.29) is 21.7 Å². The van der Waals surface area contributed by atoms with Crippen LogP contribution in [-0.2, 0) is 6.18 Å². The molecule has 9 nitrogen and oxygen atoms in total. The van der Waals surface area contributed by atoms with Gasteiger partial charge in [0.15, 0.2) is 5.52 Å². The Balaban J connectivity index is 1.65. The molecular formula is C21H22ClF3N6O3. The molecule has 3 aromatic rings. The second-order valence-electron chi connectivity index (χ2n) is 7.79. The van der Waals surface area contributed by atoms with E-state index < -0.39 is 16.7 Å². The Bertz CT molecular complexity index is 1210. The van der Waals surface area contributed by atoms with Gasteiger partial charge in [0.2, 0.25) is 5.52 Å². The van der Waals surface area contributed by atoms with Crippen molar-refractivity contribution >= 4 is 45.4 Å². The summed E-state index contributed by atoms with van der Waals surface area (Å²) < 4.78 is 44.6. The number of nitro benzene ring substituents is 1. The third-order valence-corrected chi connectivity index (χ3v) is 6.33. The van der Waals surface area contributed by atoms with Crippen molar-refractivity contribution in [2.75, 3.05) is 54.0 Å². The van der Waals surface area contributed by atoms with Crippen LogP contribution in [0, 0.1) is 10.1 Å². The molecule has 2 heterocycles. The van der Waals surface area contributed by atoms with E-state index in [1.807, 2.05) is 28.5 Å². The lowest BCUT2D eigenvalue weighted by molar-refractivity contribution is -0.382. The number of nitro groups is 1. The second kappa shape index (κ2) is 9.16. The van der Waals surface area contributed by atoms with E-state index in [1.54, 1.807) is 12.1 Å². The van der Waals surface area contributed by atoms with Crippen molar-refractivity contribution in [3.63, 3.8) is 0 Å². The minimum Gasteiger partial charge on any atom is -0.368 e. The van der Waals surface area contributed by atoms with E-state index in [9.17, 15) is 23.3 Å². The highest BCUT2D eigenvalue weighted by atomic mass is 35.5. The molecule has 182 valence electrons. The predicted octanol–water partition coefficient (Wildman–Crippen LogP) is 4.98. The molecule has 1 fully saturated rings. The molecule has 2 aromatic carbocycles. The molecule has 34 heavy (non-hydrogen) atoms. The Morgan fingerprint density at radius 3 is 2.29 bits per heavy atom. The van der Waals surface area contributed by atoms with Gasteiger partial charge in [-0.3, -0.25) is 10.1 Å². The fourth-order valence-corrected chi connectivity index (χ4v) is 4.48. The van der Waals surface area contributed by atoms with Crippen LogP contribution in [0.15, 0.2) is 28.9 Å². The van der Waals surface area contributed by atoms with Gasteiger partial charge in [0, 0.05) is 45.0 Å². The molecule has 13 heteroatoms. The van der Waals surface area contributed by atoms with Crippen LogP contribution in [-0.4, -0.2) is 54.5 Å². The highest BCUT2D eigenvalue weighted by molar-refractivity contribution is 6.31. The van der Waals surface area contributed by atoms with E-state index in [4.69, 9.17) is 16.2 Å². The quantitative estimate of drug-likeness (QED) is 0.347. The number of hydrogen-bond acceptors (Lipinski definition) is 8. The third-order valence-electron chi connectivity index (χ3n) is 6.00. The predicted molar refractivity (Wildman–Crippen MR) is 123 cm³/mol. The van der Waals surface area contributed by atoms with Crippen LogP contribution in [0.3, 0.4) is 0 Å². The van der Waals surface area contributed by atoms with Crippen LogP contribution in [0.2, 0.25) is 5.02 Å². The first kappa shape index (κ1) is 23.9. The van der Waals surface area contributed by atoms with Crippen molar-refractivity contribution in [1.82, 2.24) is 10.3 Å². The van der Waals surface area contributed by atoms with Crippen molar-refractivity contribution < 1.29 is 22.7 Å². The lowest BCUT2D eigenvalue weighted by Gasteiger charge is -2.38. The zero-order valence-corrected chi connectivity index (χ0v) is 19.2. The summed E-state index contributed by atoms with van der Waals surface area (Å²) in [6, 6.07) is 5.60. The van der Waals surface area contributed by atoms with Crippen molar-refractivity contribution in [3.8, 4) is 0 Å². The molecule has 0 aliphatic carbocycles. The number of alkyl halides is 3. The largest absolute Gasteiger partial charge is 0.417 e. The Hall–Kier alpha value is -3.28. The van der Waals surface area contributed by atoms with E-state index in [1.165, 1.54) is 6.07 Å². The number of fused-ring (bicyclic) bond motifs is 1. The molecule has 1 aliphatic rings. The summed E-state index contributed by atoms with van der Waals surface area (Å²) in [5, 5.41) is 19.2. The Kier molecular flexibility index (Phi) is 6.43. The number of halogens is 4. The van der Waals surface area contributed by atoms with Gasteiger partial charge in [0.25, 0.3) is 0 Å². The van der Waals surface area contributed by atoms with Crippen LogP contribution in [0.1, 0.15) is 19.4 Å². The summed E-state index contributed by atoms with van der Waals surface area (Å²) in [5.74, 6) is 0. The fraction of sp³-hybridized carbons (Fsp3) is 0.429. The van der Waals surface area contributed by atoms with Crippen molar-refractivity contribution in [3.05, 3.63) is 45.0 Å². The van der Waals surface area contributed by atoms with E-state index in [2.05, 4.69) is 10.3 Å². The smallest absolute Gasteiger partial charge is 0.368 e. The fourth-order valence-electron chi connectivity index (χ4n) is 4.26. The van der Waals surface area contributed by atoms with Crippen LogP contribution < -0.4 is 14.7 Å². The minimum absolute atomic E-state index is 0.0688. The topological polar surface area (TPSA) is 91.8 Å². The van der Waals surface area contributed by atoms with Gasteiger partial charge in [-0.25, -0.2) is 4.63 Å². The van der Waals surface area contributed by atoms with Crippen LogP contribution in [0.25, 0.3) is 11.0 Å². The Morgan fingerprint density at radius 1 is 1.09 bits per heavy atom. The minimum atomic E-state index is -4.54. The maximum atomic E-state index is 13.3. The lowest BCUT2D eigenvalue weighted by atomic mass is 10.1. The molecule has 0 atom stereocenters. The maximum absolute atomic E-state index is 13.3. The first-order chi connectivity index (χ1) is 16.2. The number of benzene rings is 2. The number of hydrogen-bond donors (Lipinski definition) is 0. The SMILES string of the molecule is CCN(CC)c1cc(N2CCN(c3ccc(Cl)c(C(F)(F)F)c3)CC2)c2nonc2c1[N+](=O)[O-]. The highest BCUT2D eigenvalue weighted by Gasteiger charge is 2.34. The van der Waals surface area contributed by atoms with Crippen LogP contribution >= 0.6 is 11.6 Å². The molecule has 1 saturated heterocycles. The first-order valence-corrected chi connectivity index (χ1v) is 11.1. The molecule has 0 unspecified atom stereocenters. The van der Waals surface area contributed by atoms with Gasteiger partial charge in [0.05, 0.1) is 21.2 Å². The molecule has 0 saturated carbocycles. The number of nitrogens with zero attached hydrogens (tertiary/aromatic N) is 6. The molecule has 0 bridgehead atoms. The molecule has 0 N–H and O–H groups in total. The van der Waals surface area contributed by atoms with Gasteiger partial charge in [0.1, 0.15) is 5.69 Å². The summed E-state index contributed by atoms with van der Waals surface area (Å²) in [6.45, 7) is 6.70. The van der Waals surface area contributed by atoms with E-state index >= 15 is 0 Å². The van der Waals surface area contributed by atoms with Gasteiger partial charge in [-0.1, -0.05) is 11.6 Å².